The highest BCUT2D eigenvalue weighted by atomic mass is 15.1. The van der Waals surface area contributed by atoms with E-state index in [1.165, 1.54) is 0 Å². The van der Waals surface area contributed by atoms with Crippen molar-refractivity contribution in [1.82, 2.24) is 14.9 Å². The highest BCUT2D eigenvalue weighted by Gasteiger charge is 2.00. The van der Waals surface area contributed by atoms with Gasteiger partial charge in [-0.1, -0.05) is 12.2 Å². The minimum atomic E-state index is 0.450. The molecule has 1 aromatic heterocycles. The van der Waals surface area contributed by atoms with E-state index in [1.807, 2.05) is 19.4 Å². The fraction of sp³-hybridized carbons (Fsp3) is 0.500. The van der Waals surface area contributed by atoms with Gasteiger partial charge < -0.3 is 9.88 Å². The molecular formula is C10H17N3. The lowest BCUT2D eigenvalue weighted by Crippen LogP contribution is -2.31. The Balaban J connectivity index is 2.25. The highest BCUT2D eigenvalue weighted by Crippen LogP contribution is 1.92. The van der Waals surface area contributed by atoms with Gasteiger partial charge in [0, 0.05) is 31.5 Å². The predicted octanol–water partition coefficient (Wildman–Crippen LogP) is 1.44. The van der Waals surface area contributed by atoms with Crippen molar-refractivity contribution in [3.8, 4) is 0 Å². The van der Waals surface area contributed by atoms with Crippen LogP contribution in [0.2, 0.25) is 0 Å². The molecule has 0 spiro atoms. The predicted molar refractivity (Wildman–Crippen MR) is 54.5 cm³/mol. The first-order valence-corrected chi connectivity index (χ1v) is 4.52. The summed E-state index contributed by atoms with van der Waals surface area (Å²) < 4.78 is 2.07. The van der Waals surface area contributed by atoms with Gasteiger partial charge in [-0.25, -0.2) is 4.98 Å². The third kappa shape index (κ3) is 3.90. The smallest absolute Gasteiger partial charge is 0.0946 e. The molecule has 0 aliphatic rings. The van der Waals surface area contributed by atoms with Crippen LogP contribution in [0.3, 0.4) is 0 Å². The summed E-state index contributed by atoms with van der Waals surface area (Å²) in [6.07, 6.45) is 5.60. The fourth-order valence-corrected chi connectivity index (χ4v) is 1.12. The fourth-order valence-electron chi connectivity index (χ4n) is 1.12. The largest absolute Gasteiger partial charge is 0.336 e. The van der Waals surface area contributed by atoms with Crippen LogP contribution in [0, 0.1) is 0 Å². The maximum absolute atomic E-state index is 3.99. The van der Waals surface area contributed by atoms with Crippen LogP contribution in [-0.4, -0.2) is 22.1 Å². The molecule has 0 aliphatic carbocycles. The number of nitrogens with zero attached hydrogens (tertiary/aromatic N) is 2. The molecule has 72 valence electrons. The number of hydrogen-bond donors (Lipinski definition) is 1. The molecule has 0 radical (unpaired) electrons. The molecule has 1 unspecified atom stereocenters. The molecule has 13 heavy (non-hydrogen) atoms. The maximum atomic E-state index is 3.99. The van der Waals surface area contributed by atoms with Gasteiger partial charge in [-0.05, 0) is 13.8 Å². The lowest BCUT2D eigenvalue weighted by molar-refractivity contribution is 0.494. The summed E-state index contributed by atoms with van der Waals surface area (Å²) in [4.78, 5) is 3.99. The standard InChI is InChI=1S/C10H17N3/c1-9(2)6-12-10(3)7-13-5-4-11-8-13/h4-5,8,10,12H,1,6-7H2,2-3H3. The van der Waals surface area contributed by atoms with Crippen LogP contribution in [0.4, 0.5) is 0 Å². The van der Waals surface area contributed by atoms with Crippen molar-refractivity contribution in [3.05, 3.63) is 30.9 Å². The van der Waals surface area contributed by atoms with Crippen LogP contribution in [0.25, 0.3) is 0 Å². The molecule has 0 saturated heterocycles. The Labute approximate surface area is 79.5 Å². The van der Waals surface area contributed by atoms with Crippen LogP contribution in [0.15, 0.2) is 30.9 Å². The topological polar surface area (TPSA) is 29.9 Å². The summed E-state index contributed by atoms with van der Waals surface area (Å²) in [6.45, 7) is 9.86. The van der Waals surface area contributed by atoms with Crippen LogP contribution < -0.4 is 5.32 Å². The van der Waals surface area contributed by atoms with Crippen LogP contribution >= 0.6 is 0 Å². The van der Waals surface area contributed by atoms with Gasteiger partial charge in [-0.15, -0.1) is 0 Å². The second-order valence-electron chi connectivity index (χ2n) is 3.50. The van der Waals surface area contributed by atoms with Crippen molar-refractivity contribution in [2.75, 3.05) is 6.54 Å². The number of hydrogen-bond acceptors (Lipinski definition) is 2. The van der Waals surface area contributed by atoms with E-state index in [0.29, 0.717) is 6.04 Å². The van der Waals surface area contributed by atoms with Crippen LogP contribution in [0.5, 0.6) is 0 Å². The van der Waals surface area contributed by atoms with Gasteiger partial charge in [-0.3, -0.25) is 0 Å². The first-order chi connectivity index (χ1) is 6.18. The zero-order chi connectivity index (χ0) is 9.68. The Bertz CT molecular complexity index is 251. The highest BCUT2D eigenvalue weighted by molar-refractivity contribution is 4.91. The van der Waals surface area contributed by atoms with Gasteiger partial charge >= 0.3 is 0 Å². The molecule has 0 aliphatic heterocycles. The van der Waals surface area contributed by atoms with Gasteiger partial charge in [-0.2, -0.15) is 0 Å². The number of imidazole rings is 1. The summed E-state index contributed by atoms with van der Waals surface area (Å²) in [5, 5.41) is 3.37. The van der Waals surface area contributed by atoms with E-state index in [4.69, 9.17) is 0 Å². The Morgan fingerprint density at radius 3 is 3.00 bits per heavy atom. The average Bonchev–Trinajstić information content (AvgIpc) is 2.53. The third-order valence-corrected chi connectivity index (χ3v) is 1.80. The summed E-state index contributed by atoms with van der Waals surface area (Å²) in [7, 11) is 0. The van der Waals surface area contributed by atoms with Crippen molar-refractivity contribution in [3.63, 3.8) is 0 Å². The van der Waals surface area contributed by atoms with Crippen molar-refractivity contribution < 1.29 is 0 Å². The Morgan fingerprint density at radius 2 is 2.46 bits per heavy atom. The van der Waals surface area contributed by atoms with E-state index in [9.17, 15) is 0 Å². The van der Waals surface area contributed by atoms with Crippen molar-refractivity contribution in [2.24, 2.45) is 0 Å². The monoisotopic (exact) mass is 179 g/mol. The molecule has 1 atom stereocenters. The summed E-state index contributed by atoms with van der Waals surface area (Å²) >= 11 is 0. The average molecular weight is 179 g/mol. The van der Waals surface area contributed by atoms with E-state index in [1.54, 1.807) is 6.20 Å². The third-order valence-electron chi connectivity index (χ3n) is 1.80. The van der Waals surface area contributed by atoms with Gasteiger partial charge in [0.25, 0.3) is 0 Å². The van der Waals surface area contributed by atoms with Gasteiger partial charge in [0.1, 0.15) is 0 Å². The molecule has 1 heterocycles. The van der Waals surface area contributed by atoms with Crippen molar-refractivity contribution in [1.29, 1.82) is 0 Å². The molecule has 1 N–H and O–H groups in total. The SMILES string of the molecule is C=C(C)CNC(C)Cn1ccnc1. The zero-order valence-electron chi connectivity index (χ0n) is 8.33. The van der Waals surface area contributed by atoms with E-state index >= 15 is 0 Å². The lowest BCUT2D eigenvalue weighted by atomic mass is 10.3. The Kier molecular flexibility index (Phi) is 3.71. The normalized spacial score (nSPS) is 12.8. The summed E-state index contributed by atoms with van der Waals surface area (Å²) in [5.41, 5.74) is 1.16. The van der Waals surface area contributed by atoms with E-state index < -0.39 is 0 Å². The molecule has 0 saturated carbocycles. The minimum absolute atomic E-state index is 0.450. The van der Waals surface area contributed by atoms with Gasteiger partial charge in [0.15, 0.2) is 0 Å². The molecule has 0 aromatic carbocycles. The Hall–Kier alpha value is -1.09. The van der Waals surface area contributed by atoms with Gasteiger partial charge in [0.05, 0.1) is 6.33 Å². The zero-order valence-corrected chi connectivity index (χ0v) is 8.33. The van der Waals surface area contributed by atoms with Crippen LogP contribution in [-0.2, 0) is 6.54 Å². The first kappa shape index (κ1) is 9.99. The second-order valence-corrected chi connectivity index (χ2v) is 3.50. The Morgan fingerprint density at radius 1 is 1.69 bits per heavy atom. The van der Waals surface area contributed by atoms with Crippen molar-refractivity contribution in [2.45, 2.75) is 26.4 Å². The molecule has 3 nitrogen and oxygen atoms in total. The molecule has 0 fully saturated rings. The van der Waals surface area contributed by atoms with Crippen molar-refractivity contribution >= 4 is 0 Å². The summed E-state index contributed by atoms with van der Waals surface area (Å²) in [6, 6.07) is 0.450. The van der Waals surface area contributed by atoms with Gasteiger partial charge in [0.2, 0.25) is 0 Å². The molecule has 1 aromatic rings. The molecule has 3 heteroatoms. The van der Waals surface area contributed by atoms with E-state index in [-0.39, 0.29) is 0 Å². The van der Waals surface area contributed by atoms with E-state index in [2.05, 4.69) is 28.4 Å². The molecular weight excluding hydrogens is 162 g/mol. The maximum Gasteiger partial charge on any atom is 0.0946 e. The lowest BCUT2D eigenvalue weighted by Gasteiger charge is -2.13. The number of aromatic nitrogens is 2. The molecule has 1 rings (SSSR count). The molecule has 0 amide bonds. The quantitative estimate of drug-likeness (QED) is 0.693. The van der Waals surface area contributed by atoms with E-state index in [0.717, 1.165) is 18.7 Å². The summed E-state index contributed by atoms with van der Waals surface area (Å²) in [5.74, 6) is 0. The minimum Gasteiger partial charge on any atom is -0.336 e. The number of rotatable bonds is 5. The number of nitrogens with one attached hydrogen (secondary N) is 1. The molecule has 0 bridgehead atoms. The first-order valence-electron chi connectivity index (χ1n) is 4.52. The van der Waals surface area contributed by atoms with Crippen LogP contribution in [0.1, 0.15) is 13.8 Å². The second kappa shape index (κ2) is 4.82.